The Morgan fingerprint density at radius 2 is 2.06 bits per heavy atom. The molecule has 0 saturated carbocycles. The Hall–Kier alpha value is -1.76. The first-order valence-corrected chi connectivity index (χ1v) is 5.18. The minimum absolute atomic E-state index is 0.0948. The van der Waals surface area contributed by atoms with Crippen molar-refractivity contribution < 1.29 is 27.8 Å². The number of para-hydroxylation sites is 1. The number of carbonyl (C=O) groups excluding carboxylic acids is 1. The van der Waals surface area contributed by atoms with E-state index in [9.17, 15) is 18.0 Å². The van der Waals surface area contributed by atoms with E-state index in [1.165, 1.54) is 18.2 Å². The molecule has 0 spiro atoms. The Morgan fingerprint density at radius 1 is 1.39 bits per heavy atom. The zero-order chi connectivity index (χ0) is 13.3. The third kappa shape index (κ3) is 2.26. The Bertz CT molecular complexity index is 461. The number of amides is 1. The van der Waals surface area contributed by atoms with Crippen molar-refractivity contribution in [2.24, 2.45) is 0 Å². The number of halogens is 3. The van der Waals surface area contributed by atoms with E-state index >= 15 is 0 Å². The van der Waals surface area contributed by atoms with Crippen molar-refractivity contribution in [1.82, 2.24) is 0 Å². The highest BCUT2D eigenvalue weighted by molar-refractivity contribution is 5.90. The minimum atomic E-state index is -4.55. The molecule has 2 rings (SSSR count). The number of benzene rings is 1. The highest BCUT2D eigenvalue weighted by atomic mass is 19.4. The molecule has 1 aromatic carbocycles. The Labute approximate surface area is 101 Å². The Kier molecular flexibility index (Phi) is 3.16. The number of ether oxygens (including phenoxy) is 1. The van der Waals surface area contributed by atoms with Crippen molar-refractivity contribution in [3.05, 3.63) is 29.8 Å². The smallest absolute Gasteiger partial charge is 0.418 e. The summed E-state index contributed by atoms with van der Waals surface area (Å²) < 4.78 is 43.1. The van der Waals surface area contributed by atoms with E-state index < -0.39 is 30.5 Å². The number of aliphatic hydroxyl groups is 1. The van der Waals surface area contributed by atoms with Gasteiger partial charge in [0.2, 0.25) is 0 Å². The lowest BCUT2D eigenvalue weighted by atomic mass is 10.1. The minimum Gasteiger partial charge on any atom is -0.441 e. The molecule has 0 unspecified atom stereocenters. The lowest BCUT2D eigenvalue weighted by molar-refractivity contribution is -0.137. The predicted molar refractivity (Wildman–Crippen MR) is 56.1 cm³/mol. The van der Waals surface area contributed by atoms with Crippen LogP contribution in [0.3, 0.4) is 0 Å². The van der Waals surface area contributed by atoms with E-state index in [4.69, 9.17) is 9.84 Å². The molecule has 98 valence electrons. The number of alkyl halides is 3. The molecule has 0 aliphatic carbocycles. The van der Waals surface area contributed by atoms with Crippen LogP contribution in [-0.2, 0) is 10.9 Å². The summed E-state index contributed by atoms with van der Waals surface area (Å²) in [6, 6.07) is 4.75. The molecule has 1 amide bonds. The number of aliphatic hydroxyl groups excluding tert-OH is 1. The standard InChI is InChI=1S/C11H10F3NO3/c12-11(13,14)8-3-1-2-4-9(8)15-5-7(6-16)18-10(15)17/h1-4,7,16H,5-6H2/t7-/m1/s1. The third-order valence-electron chi connectivity index (χ3n) is 2.58. The molecule has 0 radical (unpaired) electrons. The molecule has 1 fully saturated rings. The summed E-state index contributed by atoms with van der Waals surface area (Å²) in [5.74, 6) is 0. The van der Waals surface area contributed by atoms with Crippen LogP contribution in [0.15, 0.2) is 24.3 Å². The Balaban J connectivity index is 2.37. The predicted octanol–water partition coefficient (Wildman–Crippen LogP) is 2.02. The van der Waals surface area contributed by atoms with Gasteiger partial charge in [0.1, 0.15) is 6.10 Å². The van der Waals surface area contributed by atoms with E-state index in [0.717, 1.165) is 11.0 Å². The molecule has 7 heteroatoms. The van der Waals surface area contributed by atoms with Crippen molar-refractivity contribution in [3.63, 3.8) is 0 Å². The highest BCUT2D eigenvalue weighted by Crippen LogP contribution is 2.37. The van der Waals surface area contributed by atoms with E-state index in [-0.39, 0.29) is 12.2 Å². The highest BCUT2D eigenvalue weighted by Gasteiger charge is 2.39. The fourth-order valence-corrected chi connectivity index (χ4v) is 1.76. The normalized spacial score (nSPS) is 20.1. The zero-order valence-corrected chi connectivity index (χ0v) is 9.15. The zero-order valence-electron chi connectivity index (χ0n) is 9.15. The lowest BCUT2D eigenvalue weighted by Gasteiger charge is -2.18. The first-order chi connectivity index (χ1) is 8.43. The molecule has 1 atom stereocenters. The van der Waals surface area contributed by atoms with Gasteiger partial charge in [-0.15, -0.1) is 0 Å². The summed E-state index contributed by atoms with van der Waals surface area (Å²) in [7, 11) is 0. The molecule has 1 aliphatic rings. The summed E-state index contributed by atoms with van der Waals surface area (Å²) >= 11 is 0. The molecular formula is C11H10F3NO3. The summed E-state index contributed by atoms with van der Waals surface area (Å²) in [5, 5.41) is 8.85. The van der Waals surface area contributed by atoms with Crippen molar-refractivity contribution in [1.29, 1.82) is 0 Å². The summed E-state index contributed by atoms with van der Waals surface area (Å²) in [5.41, 5.74) is -1.16. The Morgan fingerprint density at radius 3 is 2.61 bits per heavy atom. The van der Waals surface area contributed by atoms with Gasteiger partial charge in [-0.25, -0.2) is 4.79 Å². The second-order valence-electron chi connectivity index (χ2n) is 3.81. The molecule has 18 heavy (non-hydrogen) atoms. The van der Waals surface area contributed by atoms with Gasteiger partial charge in [0, 0.05) is 0 Å². The van der Waals surface area contributed by atoms with Crippen LogP contribution in [0.2, 0.25) is 0 Å². The quantitative estimate of drug-likeness (QED) is 0.886. The maximum absolute atomic E-state index is 12.8. The fraction of sp³-hybridized carbons (Fsp3) is 0.364. The second kappa shape index (κ2) is 4.49. The van der Waals surface area contributed by atoms with Gasteiger partial charge in [-0.2, -0.15) is 13.2 Å². The van der Waals surface area contributed by atoms with Crippen LogP contribution >= 0.6 is 0 Å². The van der Waals surface area contributed by atoms with Gasteiger partial charge in [0.15, 0.2) is 0 Å². The molecule has 1 aromatic rings. The number of anilines is 1. The van der Waals surface area contributed by atoms with Gasteiger partial charge in [0.25, 0.3) is 0 Å². The van der Waals surface area contributed by atoms with Gasteiger partial charge in [-0.3, -0.25) is 4.90 Å². The second-order valence-corrected chi connectivity index (χ2v) is 3.81. The molecule has 1 aliphatic heterocycles. The van der Waals surface area contributed by atoms with Gasteiger partial charge in [-0.05, 0) is 12.1 Å². The maximum Gasteiger partial charge on any atom is 0.418 e. The van der Waals surface area contributed by atoms with Gasteiger partial charge < -0.3 is 9.84 Å². The lowest BCUT2D eigenvalue weighted by Crippen LogP contribution is -2.27. The third-order valence-corrected chi connectivity index (χ3v) is 2.58. The molecule has 4 nitrogen and oxygen atoms in total. The molecule has 0 bridgehead atoms. The van der Waals surface area contributed by atoms with Crippen LogP contribution in [-0.4, -0.2) is 30.5 Å². The van der Waals surface area contributed by atoms with Crippen molar-refractivity contribution in [3.8, 4) is 0 Å². The van der Waals surface area contributed by atoms with E-state index in [0.29, 0.717) is 0 Å². The van der Waals surface area contributed by atoms with Crippen LogP contribution in [0, 0.1) is 0 Å². The monoisotopic (exact) mass is 261 g/mol. The van der Waals surface area contributed by atoms with E-state index in [1.807, 2.05) is 0 Å². The average molecular weight is 261 g/mol. The van der Waals surface area contributed by atoms with Gasteiger partial charge in [-0.1, -0.05) is 12.1 Å². The number of hydrogen-bond acceptors (Lipinski definition) is 3. The number of nitrogens with zero attached hydrogens (tertiary/aromatic N) is 1. The molecule has 1 N–H and O–H groups in total. The van der Waals surface area contributed by atoms with Crippen LogP contribution in [0.5, 0.6) is 0 Å². The van der Waals surface area contributed by atoms with Crippen LogP contribution in [0.1, 0.15) is 5.56 Å². The van der Waals surface area contributed by atoms with Crippen LogP contribution < -0.4 is 4.90 Å². The van der Waals surface area contributed by atoms with Crippen molar-refractivity contribution >= 4 is 11.8 Å². The largest absolute Gasteiger partial charge is 0.441 e. The summed E-state index contributed by atoms with van der Waals surface area (Å²) in [6.45, 7) is -0.515. The topological polar surface area (TPSA) is 49.8 Å². The molecule has 0 aromatic heterocycles. The van der Waals surface area contributed by atoms with Crippen molar-refractivity contribution in [2.75, 3.05) is 18.1 Å². The summed E-state index contributed by atoms with van der Waals surface area (Å²) in [4.78, 5) is 12.3. The number of carbonyl (C=O) groups is 1. The van der Waals surface area contributed by atoms with Gasteiger partial charge in [0.05, 0.1) is 24.4 Å². The van der Waals surface area contributed by atoms with Crippen LogP contribution in [0.4, 0.5) is 23.7 Å². The number of rotatable bonds is 2. The maximum atomic E-state index is 12.8. The molecular weight excluding hydrogens is 251 g/mol. The molecule has 1 saturated heterocycles. The number of hydrogen-bond donors (Lipinski definition) is 1. The first-order valence-electron chi connectivity index (χ1n) is 5.18. The van der Waals surface area contributed by atoms with Crippen molar-refractivity contribution in [2.45, 2.75) is 12.3 Å². The van der Waals surface area contributed by atoms with E-state index in [1.54, 1.807) is 0 Å². The SMILES string of the molecule is O=C1O[C@@H](CO)CN1c1ccccc1C(F)(F)F. The molecule has 1 heterocycles. The fourth-order valence-electron chi connectivity index (χ4n) is 1.76. The summed E-state index contributed by atoms with van der Waals surface area (Å²) in [6.07, 6.45) is -6.22. The number of cyclic esters (lactones) is 1. The average Bonchev–Trinajstić information content (AvgIpc) is 2.69. The first kappa shape index (κ1) is 12.7. The van der Waals surface area contributed by atoms with Gasteiger partial charge >= 0.3 is 12.3 Å². The van der Waals surface area contributed by atoms with Crippen LogP contribution in [0.25, 0.3) is 0 Å². The van der Waals surface area contributed by atoms with E-state index in [2.05, 4.69) is 0 Å².